The van der Waals surface area contributed by atoms with Crippen molar-refractivity contribution in [2.45, 2.75) is 18.9 Å². The molecule has 1 atom stereocenters. The van der Waals surface area contributed by atoms with E-state index in [1.807, 2.05) is 18.2 Å². The molecule has 0 saturated carbocycles. The van der Waals surface area contributed by atoms with Crippen LogP contribution in [0.4, 0.5) is 0 Å². The number of rotatable bonds is 5. The normalized spacial score (nSPS) is 15.1. The first-order valence-electron chi connectivity index (χ1n) is 5.47. The zero-order valence-corrected chi connectivity index (χ0v) is 9.44. The van der Waals surface area contributed by atoms with Crippen LogP contribution in [0.15, 0.2) is 18.2 Å². The van der Waals surface area contributed by atoms with E-state index in [1.54, 1.807) is 7.11 Å². The summed E-state index contributed by atoms with van der Waals surface area (Å²) in [4.78, 5) is 0. The molecule has 16 heavy (non-hydrogen) atoms. The Labute approximate surface area is 95.3 Å². The Morgan fingerprint density at radius 3 is 2.94 bits per heavy atom. The van der Waals surface area contributed by atoms with Crippen molar-refractivity contribution in [3.63, 3.8) is 0 Å². The largest absolute Gasteiger partial charge is 0.454 e. The van der Waals surface area contributed by atoms with Crippen LogP contribution < -0.4 is 15.2 Å². The van der Waals surface area contributed by atoms with Gasteiger partial charge in [0, 0.05) is 7.11 Å². The SMILES string of the molecule is COC(CCCN)c1ccc2c(c1)OCO2. The fraction of sp³-hybridized carbons (Fsp3) is 0.500. The second kappa shape index (κ2) is 5.18. The maximum Gasteiger partial charge on any atom is 0.231 e. The molecule has 4 heteroatoms. The first kappa shape index (κ1) is 11.2. The molecule has 0 radical (unpaired) electrons. The van der Waals surface area contributed by atoms with Gasteiger partial charge >= 0.3 is 0 Å². The molecule has 4 nitrogen and oxygen atoms in total. The van der Waals surface area contributed by atoms with Gasteiger partial charge in [0.05, 0.1) is 6.10 Å². The highest BCUT2D eigenvalue weighted by atomic mass is 16.7. The third-order valence-electron chi connectivity index (χ3n) is 2.72. The molecule has 1 aromatic rings. The van der Waals surface area contributed by atoms with E-state index in [0.717, 1.165) is 29.9 Å². The minimum atomic E-state index is 0.0815. The van der Waals surface area contributed by atoms with Gasteiger partial charge in [-0.1, -0.05) is 6.07 Å². The van der Waals surface area contributed by atoms with Crippen LogP contribution in [0.3, 0.4) is 0 Å². The predicted molar refractivity (Wildman–Crippen MR) is 60.6 cm³/mol. The predicted octanol–water partition coefficient (Wildman–Crippen LogP) is 1.84. The van der Waals surface area contributed by atoms with Crippen molar-refractivity contribution in [3.8, 4) is 11.5 Å². The van der Waals surface area contributed by atoms with Gasteiger partial charge in [-0.15, -0.1) is 0 Å². The van der Waals surface area contributed by atoms with E-state index in [2.05, 4.69) is 0 Å². The molecule has 0 amide bonds. The lowest BCUT2D eigenvalue weighted by atomic mass is 10.0. The maximum atomic E-state index is 5.50. The van der Waals surface area contributed by atoms with Crippen molar-refractivity contribution in [1.29, 1.82) is 0 Å². The zero-order valence-electron chi connectivity index (χ0n) is 9.44. The lowest BCUT2D eigenvalue weighted by molar-refractivity contribution is 0.0941. The third-order valence-corrected chi connectivity index (χ3v) is 2.72. The Morgan fingerprint density at radius 2 is 2.19 bits per heavy atom. The van der Waals surface area contributed by atoms with Crippen LogP contribution in [0.25, 0.3) is 0 Å². The monoisotopic (exact) mass is 223 g/mol. The molecule has 88 valence electrons. The lowest BCUT2D eigenvalue weighted by Gasteiger charge is -2.15. The van der Waals surface area contributed by atoms with Gasteiger partial charge < -0.3 is 19.9 Å². The van der Waals surface area contributed by atoms with Crippen LogP contribution >= 0.6 is 0 Å². The highest BCUT2D eigenvalue weighted by Gasteiger charge is 2.17. The molecule has 1 aliphatic rings. The van der Waals surface area contributed by atoms with Gasteiger partial charge in [0.25, 0.3) is 0 Å². The molecule has 0 aromatic heterocycles. The molecule has 1 heterocycles. The molecule has 0 bridgehead atoms. The smallest absolute Gasteiger partial charge is 0.231 e. The van der Waals surface area contributed by atoms with Gasteiger partial charge in [0.2, 0.25) is 6.79 Å². The molecule has 0 aliphatic carbocycles. The van der Waals surface area contributed by atoms with Gasteiger partial charge in [0.1, 0.15) is 0 Å². The summed E-state index contributed by atoms with van der Waals surface area (Å²) in [6.45, 7) is 0.990. The number of hydrogen-bond donors (Lipinski definition) is 1. The Balaban J connectivity index is 2.12. The fourth-order valence-electron chi connectivity index (χ4n) is 1.84. The molecular weight excluding hydrogens is 206 g/mol. The van der Waals surface area contributed by atoms with Crippen LogP contribution in [-0.2, 0) is 4.74 Å². The molecule has 2 N–H and O–H groups in total. The number of ether oxygens (including phenoxy) is 3. The van der Waals surface area contributed by atoms with E-state index in [9.17, 15) is 0 Å². The van der Waals surface area contributed by atoms with E-state index < -0.39 is 0 Å². The Bertz CT molecular complexity index is 354. The summed E-state index contributed by atoms with van der Waals surface area (Å²) in [5, 5.41) is 0. The van der Waals surface area contributed by atoms with E-state index in [-0.39, 0.29) is 6.10 Å². The van der Waals surface area contributed by atoms with Crippen LogP contribution in [0, 0.1) is 0 Å². The fourth-order valence-corrected chi connectivity index (χ4v) is 1.84. The van der Waals surface area contributed by atoms with Crippen molar-refractivity contribution in [1.82, 2.24) is 0 Å². The summed E-state index contributed by atoms with van der Waals surface area (Å²) in [5.41, 5.74) is 6.61. The maximum absolute atomic E-state index is 5.50. The Hall–Kier alpha value is -1.26. The molecule has 0 saturated heterocycles. The number of fused-ring (bicyclic) bond motifs is 1. The van der Waals surface area contributed by atoms with E-state index in [1.165, 1.54) is 0 Å². The van der Waals surface area contributed by atoms with Crippen LogP contribution in [0.1, 0.15) is 24.5 Å². The Morgan fingerprint density at radius 1 is 1.38 bits per heavy atom. The molecule has 1 aliphatic heterocycles. The number of benzene rings is 1. The van der Waals surface area contributed by atoms with Gasteiger partial charge in [-0.3, -0.25) is 0 Å². The lowest BCUT2D eigenvalue weighted by Crippen LogP contribution is -2.06. The number of hydrogen-bond acceptors (Lipinski definition) is 4. The summed E-state index contributed by atoms with van der Waals surface area (Å²) >= 11 is 0. The van der Waals surface area contributed by atoms with Crippen molar-refractivity contribution in [2.75, 3.05) is 20.4 Å². The van der Waals surface area contributed by atoms with E-state index >= 15 is 0 Å². The summed E-state index contributed by atoms with van der Waals surface area (Å²) < 4.78 is 16.0. The molecule has 0 fully saturated rings. The number of methoxy groups -OCH3 is 1. The standard InChI is InChI=1S/C12H17NO3/c1-14-10(3-2-6-13)9-4-5-11-12(7-9)16-8-15-11/h4-5,7,10H,2-3,6,8,13H2,1H3. The van der Waals surface area contributed by atoms with Crippen molar-refractivity contribution < 1.29 is 14.2 Å². The second-order valence-electron chi connectivity index (χ2n) is 3.77. The topological polar surface area (TPSA) is 53.7 Å². The second-order valence-corrected chi connectivity index (χ2v) is 3.77. The highest BCUT2D eigenvalue weighted by Crippen LogP contribution is 2.35. The average Bonchev–Trinajstić information content (AvgIpc) is 2.77. The van der Waals surface area contributed by atoms with Gasteiger partial charge in [-0.05, 0) is 37.1 Å². The van der Waals surface area contributed by atoms with Crippen LogP contribution in [0.5, 0.6) is 11.5 Å². The van der Waals surface area contributed by atoms with E-state index in [0.29, 0.717) is 13.3 Å². The minimum absolute atomic E-state index is 0.0815. The third kappa shape index (κ3) is 2.28. The first-order valence-corrected chi connectivity index (χ1v) is 5.47. The van der Waals surface area contributed by atoms with E-state index in [4.69, 9.17) is 19.9 Å². The van der Waals surface area contributed by atoms with Gasteiger partial charge in [0.15, 0.2) is 11.5 Å². The average molecular weight is 223 g/mol. The summed E-state index contributed by atoms with van der Waals surface area (Å²) in [7, 11) is 1.71. The molecule has 1 unspecified atom stereocenters. The first-order chi connectivity index (χ1) is 7.85. The van der Waals surface area contributed by atoms with Gasteiger partial charge in [-0.2, -0.15) is 0 Å². The van der Waals surface area contributed by atoms with Gasteiger partial charge in [-0.25, -0.2) is 0 Å². The quantitative estimate of drug-likeness (QED) is 0.827. The van der Waals surface area contributed by atoms with Crippen LogP contribution in [0.2, 0.25) is 0 Å². The molecule has 0 spiro atoms. The van der Waals surface area contributed by atoms with Crippen LogP contribution in [-0.4, -0.2) is 20.4 Å². The molecular formula is C12H17NO3. The zero-order chi connectivity index (χ0) is 11.4. The molecule has 1 aromatic carbocycles. The summed E-state index contributed by atoms with van der Waals surface area (Å²) in [6.07, 6.45) is 1.96. The Kier molecular flexibility index (Phi) is 3.64. The van der Waals surface area contributed by atoms with Crippen molar-refractivity contribution in [2.24, 2.45) is 5.73 Å². The summed E-state index contributed by atoms with van der Waals surface area (Å²) in [5.74, 6) is 1.60. The number of nitrogens with two attached hydrogens (primary N) is 1. The van der Waals surface area contributed by atoms with Crippen molar-refractivity contribution >= 4 is 0 Å². The summed E-state index contributed by atoms with van der Waals surface area (Å²) in [6, 6.07) is 5.91. The highest BCUT2D eigenvalue weighted by molar-refractivity contribution is 5.45. The minimum Gasteiger partial charge on any atom is -0.454 e. The molecule has 2 rings (SSSR count). The van der Waals surface area contributed by atoms with Crippen molar-refractivity contribution in [3.05, 3.63) is 23.8 Å².